The Morgan fingerprint density at radius 3 is 2.40 bits per heavy atom. The fraction of sp³-hybridized carbons (Fsp3) is 0.333. The van der Waals surface area contributed by atoms with E-state index in [4.69, 9.17) is 0 Å². The summed E-state index contributed by atoms with van der Waals surface area (Å²) in [7, 11) is 0. The van der Waals surface area contributed by atoms with E-state index < -0.39 is 0 Å². The molecule has 0 aliphatic rings. The molecule has 0 heterocycles. The standard InChI is InChI=1S/C18H20BrF/c1-4-13-9-10-15(11-14(13)5-2)17(19)16-8-6-7-12(3)18(16)20/h6-11,17H,4-5H2,1-3H3. The second-order valence-electron chi connectivity index (χ2n) is 5.08. The van der Waals surface area contributed by atoms with Gasteiger partial charge in [0.15, 0.2) is 0 Å². The van der Waals surface area contributed by atoms with Crippen molar-refractivity contribution < 1.29 is 4.39 Å². The van der Waals surface area contributed by atoms with Gasteiger partial charge in [-0.3, -0.25) is 0 Å². The third kappa shape index (κ3) is 2.95. The van der Waals surface area contributed by atoms with Gasteiger partial charge in [-0.1, -0.05) is 66.2 Å². The van der Waals surface area contributed by atoms with Crippen molar-refractivity contribution in [2.75, 3.05) is 0 Å². The first kappa shape index (κ1) is 15.2. The zero-order valence-corrected chi connectivity index (χ0v) is 13.8. The molecule has 0 nitrogen and oxygen atoms in total. The molecule has 0 radical (unpaired) electrons. The molecule has 0 saturated heterocycles. The molecule has 0 aliphatic heterocycles. The lowest BCUT2D eigenvalue weighted by Gasteiger charge is -2.15. The number of hydrogen-bond donors (Lipinski definition) is 0. The molecule has 2 aromatic carbocycles. The van der Waals surface area contributed by atoms with Crippen LogP contribution in [0.5, 0.6) is 0 Å². The Bertz CT molecular complexity index is 604. The Hall–Kier alpha value is -1.15. The highest BCUT2D eigenvalue weighted by atomic mass is 79.9. The van der Waals surface area contributed by atoms with Crippen molar-refractivity contribution in [2.24, 2.45) is 0 Å². The highest BCUT2D eigenvalue weighted by Crippen LogP contribution is 2.34. The molecule has 0 amide bonds. The van der Waals surface area contributed by atoms with E-state index in [0.29, 0.717) is 11.1 Å². The summed E-state index contributed by atoms with van der Waals surface area (Å²) in [5.41, 5.74) is 5.23. The Morgan fingerprint density at radius 2 is 1.75 bits per heavy atom. The zero-order chi connectivity index (χ0) is 14.7. The first-order valence-electron chi connectivity index (χ1n) is 7.09. The summed E-state index contributed by atoms with van der Waals surface area (Å²) in [6.45, 7) is 6.13. The predicted molar refractivity (Wildman–Crippen MR) is 87.1 cm³/mol. The third-order valence-corrected chi connectivity index (χ3v) is 4.80. The highest BCUT2D eigenvalue weighted by Gasteiger charge is 2.16. The summed E-state index contributed by atoms with van der Waals surface area (Å²) in [6.07, 6.45) is 2.04. The van der Waals surface area contributed by atoms with Crippen molar-refractivity contribution >= 4 is 15.9 Å². The Balaban J connectivity index is 2.43. The van der Waals surface area contributed by atoms with Crippen molar-refractivity contribution in [3.63, 3.8) is 0 Å². The number of hydrogen-bond acceptors (Lipinski definition) is 0. The molecule has 0 aromatic heterocycles. The molecule has 0 spiro atoms. The van der Waals surface area contributed by atoms with Crippen LogP contribution >= 0.6 is 15.9 Å². The van der Waals surface area contributed by atoms with Gasteiger partial charge in [0.05, 0.1) is 4.83 Å². The van der Waals surface area contributed by atoms with E-state index >= 15 is 0 Å². The normalized spacial score (nSPS) is 12.4. The molecule has 20 heavy (non-hydrogen) atoms. The molecular weight excluding hydrogens is 315 g/mol. The van der Waals surface area contributed by atoms with E-state index in [1.165, 1.54) is 11.1 Å². The first-order chi connectivity index (χ1) is 9.58. The van der Waals surface area contributed by atoms with E-state index in [1.54, 1.807) is 13.0 Å². The second kappa shape index (κ2) is 6.53. The van der Waals surface area contributed by atoms with Gasteiger partial charge in [0.25, 0.3) is 0 Å². The summed E-state index contributed by atoms with van der Waals surface area (Å²) in [5, 5.41) is 0. The topological polar surface area (TPSA) is 0 Å². The molecule has 1 unspecified atom stereocenters. The molecule has 2 rings (SSSR count). The largest absolute Gasteiger partial charge is 0.206 e. The minimum atomic E-state index is -0.119. The van der Waals surface area contributed by atoms with E-state index in [0.717, 1.165) is 18.4 Å². The molecule has 2 aromatic rings. The monoisotopic (exact) mass is 334 g/mol. The first-order valence-corrected chi connectivity index (χ1v) is 8.00. The van der Waals surface area contributed by atoms with Gasteiger partial charge < -0.3 is 0 Å². The minimum Gasteiger partial charge on any atom is -0.206 e. The van der Waals surface area contributed by atoms with Crippen LogP contribution in [0.4, 0.5) is 4.39 Å². The number of rotatable bonds is 4. The lowest BCUT2D eigenvalue weighted by Crippen LogP contribution is -2.00. The number of aryl methyl sites for hydroxylation is 3. The van der Waals surface area contributed by atoms with Crippen LogP contribution in [-0.4, -0.2) is 0 Å². The molecule has 1 atom stereocenters. The Kier molecular flexibility index (Phi) is 4.98. The number of benzene rings is 2. The summed E-state index contributed by atoms with van der Waals surface area (Å²) in [4.78, 5) is -0.0985. The molecule has 0 bridgehead atoms. The van der Waals surface area contributed by atoms with Gasteiger partial charge >= 0.3 is 0 Å². The molecule has 0 aliphatic carbocycles. The maximum Gasteiger partial charge on any atom is 0.130 e. The van der Waals surface area contributed by atoms with Crippen LogP contribution < -0.4 is 0 Å². The molecule has 2 heteroatoms. The van der Waals surface area contributed by atoms with Crippen LogP contribution in [0.3, 0.4) is 0 Å². The van der Waals surface area contributed by atoms with Crippen LogP contribution in [0.25, 0.3) is 0 Å². The van der Waals surface area contributed by atoms with Gasteiger partial charge in [0, 0.05) is 5.56 Å². The van der Waals surface area contributed by atoms with E-state index in [9.17, 15) is 4.39 Å². The van der Waals surface area contributed by atoms with Crippen molar-refractivity contribution in [2.45, 2.75) is 38.4 Å². The smallest absolute Gasteiger partial charge is 0.130 e. The van der Waals surface area contributed by atoms with Crippen molar-refractivity contribution in [3.05, 3.63) is 70.0 Å². The second-order valence-corrected chi connectivity index (χ2v) is 5.99. The van der Waals surface area contributed by atoms with E-state index in [2.05, 4.69) is 48.0 Å². The molecule has 0 N–H and O–H groups in total. The van der Waals surface area contributed by atoms with Crippen molar-refractivity contribution in [3.8, 4) is 0 Å². The summed E-state index contributed by atoms with van der Waals surface area (Å²) >= 11 is 3.65. The van der Waals surface area contributed by atoms with Gasteiger partial charge in [-0.25, -0.2) is 4.39 Å². The lowest BCUT2D eigenvalue weighted by atomic mass is 9.96. The minimum absolute atomic E-state index is 0.0985. The van der Waals surface area contributed by atoms with E-state index in [-0.39, 0.29) is 10.6 Å². The molecular formula is C18H20BrF. The van der Waals surface area contributed by atoms with Crippen molar-refractivity contribution in [1.29, 1.82) is 0 Å². The van der Waals surface area contributed by atoms with Crippen LogP contribution in [-0.2, 0) is 12.8 Å². The predicted octanol–water partition coefficient (Wildman–Crippen LogP) is 5.74. The van der Waals surface area contributed by atoms with Crippen LogP contribution in [0.1, 0.15) is 46.5 Å². The molecule has 0 saturated carbocycles. The highest BCUT2D eigenvalue weighted by molar-refractivity contribution is 9.09. The van der Waals surface area contributed by atoms with Crippen molar-refractivity contribution in [1.82, 2.24) is 0 Å². The van der Waals surface area contributed by atoms with Gasteiger partial charge in [-0.05, 0) is 42.0 Å². The summed E-state index contributed by atoms with van der Waals surface area (Å²) in [5.74, 6) is -0.119. The van der Waals surface area contributed by atoms with Crippen LogP contribution in [0.2, 0.25) is 0 Å². The molecule has 0 fully saturated rings. The maximum absolute atomic E-state index is 14.2. The maximum atomic E-state index is 14.2. The fourth-order valence-corrected chi connectivity index (χ4v) is 3.16. The van der Waals surface area contributed by atoms with Gasteiger partial charge in [-0.15, -0.1) is 0 Å². The summed E-state index contributed by atoms with van der Waals surface area (Å²) < 4.78 is 14.2. The lowest BCUT2D eigenvalue weighted by molar-refractivity contribution is 0.604. The Morgan fingerprint density at radius 1 is 1.05 bits per heavy atom. The average Bonchev–Trinajstić information content (AvgIpc) is 2.48. The van der Waals surface area contributed by atoms with Gasteiger partial charge in [-0.2, -0.15) is 0 Å². The van der Waals surface area contributed by atoms with Crippen LogP contribution in [0, 0.1) is 12.7 Å². The molecule has 106 valence electrons. The Labute approximate surface area is 129 Å². The zero-order valence-electron chi connectivity index (χ0n) is 12.2. The average molecular weight is 335 g/mol. The van der Waals surface area contributed by atoms with Gasteiger partial charge in [0.2, 0.25) is 0 Å². The van der Waals surface area contributed by atoms with E-state index in [1.807, 2.05) is 12.1 Å². The SMILES string of the molecule is CCc1ccc(C(Br)c2cccc(C)c2F)cc1CC. The quantitative estimate of drug-likeness (QED) is 0.625. The van der Waals surface area contributed by atoms with Gasteiger partial charge in [0.1, 0.15) is 5.82 Å². The number of halogens is 2. The third-order valence-electron chi connectivity index (χ3n) is 3.78. The number of alkyl halides is 1. The fourth-order valence-electron chi connectivity index (χ4n) is 2.52. The van der Waals surface area contributed by atoms with Crippen LogP contribution in [0.15, 0.2) is 36.4 Å². The summed E-state index contributed by atoms with van der Waals surface area (Å²) in [6, 6.07) is 12.0.